The molecule has 0 aliphatic rings. The van der Waals surface area contributed by atoms with Crippen molar-refractivity contribution >= 4 is 10.1 Å². The van der Waals surface area contributed by atoms with Crippen LogP contribution in [-0.4, -0.2) is 54.7 Å². The van der Waals surface area contributed by atoms with E-state index >= 15 is 0 Å². The van der Waals surface area contributed by atoms with Crippen LogP contribution in [0.2, 0.25) is 0 Å². The Morgan fingerprint density at radius 1 is 0.684 bits per heavy atom. The SMILES string of the molecule is O=S(=O)([O-])c1cccc(O/C(F)=C(\F)C(F)(F)C(F)(F)C(F)(F)C(F)(F)C(F)(F)C(F)(F)C(F)(F)F)c1.[Na+]. The largest absolute Gasteiger partial charge is 1.00 e. The first-order chi connectivity index (χ1) is 16.0. The van der Waals surface area contributed by atoms with E-state index in [0.29, 0.717) is 12.1 Å². The van der Waals surface area contributed by atoms with Crippen molar-refractivity contribution in [1.82, 2.24) is 0 Å². The van der Waals surface area contributed by atoms with Crippen LogP contribution in [0.3, 0.4) is 0 Å². The third-order valence-corrected chi connectivity index (χ3v) is 4.91. The van der Waals surface area contributed by atoms with Gasteiger partial charge in [0.2, 0.25) is 5.83 Å². The van der Waals surface area contributed by atoms with Crippen molar-refractivity contribution in [2.45, 2.75) is 46.6 Å². The van der Waals surface area contributed by atoms with Gasteiger partial charge in [0.15, 0.2) is 0 Å². The fourth-order valence-electron chi connectivity index (χ4n) is 2.07. The van der Waals surface area contributed by atoms with E-state index in [1.54, 1.807) is 0 Å². The molecule has 38 heavy (non-hydrogen) atoms. The molecule has 0 radical (unpaired) electrons. The van der Waals surface area contributed by atoms with Gasteiger partial charge in [0.05, 0.1) is 4.90 Å². The molecule has 0 saturated carbocycles. The number of halogens is 17. The van der Waals surface area contributed by atoms with E-state index in [0.717, 1.165) is 0 Å². The molecule has 0 unspecified atom stereocenters. The summed E-state index contributed by atoms with van der Waals surface area (Å²) in [6, 6.07) is -2.75. The number of hydrogen-bond donors (Lipinski definition) is 0. The predicted molar refractivity (Wildman–Crippen MR) is 80.0 cm³/mol. The van der Waals surface area contributed by atoms with E-state index in [1.807, 2.05) is 0 Å². The van der Waals surface area contributed by atoms with Crippen LogP contribution in [0.4, 0.5) is 74.6 Å². The van der Waals surface area contributed by atoms with E-state index in [9.17, 15) is 87.6 Å². The van der Waals surface area contributed by atoms with Crippen molar-refractivity contribution in [3.8, 4) is 5.75 Å². The molecule has 0 saturated heterocycles. The standard InChI is InChI=1S/C15H5F17O4S.Na/c16-7(8(17)36-5-2-1-3-6(4-5)37(33,34)35)9(18,19)10(20,21)11(22,23)12(24,25)13(26,27)14(28,29)15(30,31)32;/h1-4H,(H,33,34,35);/q;+1/p-1/b8-7-;. The van der Waals surface area contributed by atoms with Crippen LogP contribution in [0, 0.1) is 0 Å². The molecular weight excluding hydrogens is 622 g/mol. The maximum atomic E-state index is 13.6. The van der Waals surface area contributed by atoms with Gasteiger partial charge in [-0.2, -0.15) is 74.6 Å². The zero-order chi connectivity index (χ0) is 29.8. The Balaban J connectivity index is 0.0000137. The molecule has 0 aromatic heterocycles. The molecule has 0 aliphatic carbocycles. The van der Waals surface area contributed by atoms with E-state index in [4.69, 9.17) is 0 Å². The molecule has 0 amide bonds. The van der Waals surface area contributed by atoms with Crippen LogP contribution in [0.25, 0.3) is 0 Å². The molecule has 1 aromatic carbocycles. The van der Waals surface area contributed by atoms with Gasteiger partial charge in [0.25, 0.3) is 0 Å². The van der Waals surface area contributed by atoms with Gasteiger partial charge in [0, 0.05) is 0 Å². The van der Waals surface area contributed by atoms with Gasteiger partial charge in [0.1, 0.15) is 15.9 Å². The number of alkyl halides is 15. The summed E-state index contributed by atoms with van der Waals surface area (Å²) >= 11 is 0. The maximum Gasteiger partial charge on any atom is 1.00 e. The quantitative estimate of drug-likeness (QED) is 0.183. The van der Waals surface area contributed by atoms with Crippen LogP contribution in [0.5, 0.6) is 5.75 Å². The number of allylic oxidation sites excluding steroid dienone is 1. The Bertz CT molecular complexity index is 1160. The zero-order valence-electron chi connectivity index (χ0n) is 17.3. The monoisotopic (exact) mass is 626 g/mol. The Labute approximate surface area is 220 Å². The number of ether oxygens (including phenoxy) is 1. The second-order valence-corrected chi connectivity index (χ2v) is 7.94. The summed E-state index contributed by atoms with van der Waals surface area (Å²) in [5.74, 6) is -56.5. The molecular formula is C15H4F17NaO4S. The molecule has 0 spiro atoms. The van der Waals surface area contributed by atoms with Gasteiger partial charge < -0.3 is 9.29 Å². The minimum absolute atomic E-state index is 0. The van der Waals surface area contributed by atoms with Gasteiger partial charge in [-0.05, 0) is 18.2 Å². The topological polar surface area (TPSA) is 66.4 Å². The summed E-state index contributed by atoms with van der Waals surface area (Å²) in [5, 5.41) is 0. The van der Waals surface area contributed by atoms with Crippen molar-refractivity contribution in [3.05, 3.63) is 36.1 Å². The molecule has 23 heteroatoms. The van der Waals surface area contributed by atoms with Gasteiger partial charge in [-0.15, -0.1) is 0 Å². The zero-order valence-corrected chi connectivity index (χ0v) is 20.1. The van der Waals surface area contributed by atoms with Gasteiger partial charge >= 0.3 is 77.3 Å². The first-order valence-corrected chi connectivity index (χ1v) is 9.55. The molecule has 214 valence electrons. The third kappa shape index (κ3) is 5.68. The molecule has 0 bridgehead atoms. The average Bonchev–Trinajstić information content (AvgIpc) is 2.71. The van der Waals surface area contributed by atoms with Crippen LogP contribution < -0.4 is 34.3 Å². The van der Waals surface area contributed by atoms with Crippen molar-refractivity contribution in [3.63, 3.8) is 0 Å². The Hall–Kier alpha value is -1.52. The number of rotatable bonds is 9. The Morgan fingerprint density at radius 2 is 1.08 bits per heavy atom. The molecule has 0 heterocycles. The minimum Gasteiger partial charge on any atom is -0.744 e. The summed E-state index contributed by atoms with van der Waals surface area (Å²) in [5.41, 5.74) is 0. The van der Waals surface area contributed by atoms with E-state index in [2.05, 4.69) is 4.74 Å². The Kier molecular flexibility index (Phi) is 10.0. The molecule has 1 rings (SSSR count). The van der Waals surface area contributed by atoms with Crippen molar-refractivity contribution in [2.24, 2.45) is 0 Å². The normalized spacial score (nSPS) is 15.5. The number of benzene rings is 1. The average molecular weight is 626 g/mol. The van der Waals surface area contributed by atoms with Gasteiger partial charge in [-0.1, -0.05) is 6.07 Å². The fourth-order valence-corrected chi connectivity index (χ4v) is 2.58. The summed E-state index contributed by atoms with van der Waals surface area (Å²) in [6.07, 6.45) is -7.84. The molecule has 0 atom stereocenters. The summed E-state index contributed by atoms with van der Waals surface area (Å²) < 4.78 is 259. The van der Waals surface area contributed by atoms with Gasteiger partial charge in [-0.3, -0.25) is 0 Å². The van der Waals surface area contributed by atoms with Crippen LogP contribution in [-0.2, 0) is 10.1 Å². The fraction of sp³-hybridized carbons (Fsp3) is 0.467. The molecule has 1 aromatic rings. The minimum atomic E-state index is -8.72. The summed E-state index contributed by atoms with van der Waals surface area (Å²) in [7, 11) is -5.43. The van der Waals surface area contributed by atoms with E-state index in [1.165, 1.54) is 0 Å². The molecule has 0 fully saturated rings. The van der Waals surface area contributed by atoms with Crippen LogP contribution in [0.15, 0.2) is 41.0 Å². The maximum absolute atomic E-state index is 13.6. The molecule has 0 aliphatic heterocycles. The van der Waals surface area contributed by atoms with E-state index in [-0.39, 0.29) is 41.7 Å². The molecule has 4 nitrogen and oxygen atoms in total. The van der Waals surface area contributed by atoms with Crippen LogP contribution in [0.1, 0.15) is 0 Å². The first-order valence-electron chi connectivity index (χ1n) is 8.15. The Morgan fingerprint density at radius 3 is 1.47 bits per heavy atom. The third-order valence-electron chi connectivity index (χ3n) is 4.08. The second kappa shape index (κ2) is 10.5. The van der Waals surface area contributed by atoms with Crippen LogP contribution >= 0.6 is 0 Å². The van der Waals surface area contributed by atoms with E-state index < -0.39 is 74.3 Å². The summed E-state index contributed by atoms with van der Waals surface area (Å²) in [4.78, 5) is -1.38. The van der Waals surface area contributed by atoms with Crippen molar-refractivity contribution in [1.29, 1.82) is 0 Å². The second-order valence-electron chi connectivity index (χ2n) is 6.56. The molecule has 0 N–H and O–H groups in total. The predicted octanol–water partition coefficient (Wildman–Crippen LogP) is 3.46. The smallest absolute Gasteiger partial charge is 0.744 e. The number of hydrogen-bond acceptors (Lipinski definition) is 4. The first kappa shape index (κ1) is 36.5. The van der Waals surface area contributed by atoms with Gasteiger partial charge in [-0.25, -0.2) is 8.42 Å². The van der Waals surface area contributed by atoms with Crippen molar-refractivity contribution < 1.29 is 122 Å². The van der Waals surface area contributed by atoms with Crippen molar-refractivity contribution in [2.75, 3.05) is 0 Å². The summed E-state index contributed by atoms with van der Waals surface area (Å²) in [6.45, 7) is 0.